The molecule has 20 heavy (non-hydrogen) atoms. The number of aromatic carboxylic acids is 1. The van der Waals surface area contributed by atoms with Crippen LogP contribution in [0.2, 0.25) is 0 Å². The summed E-state index contributed by atoms with van der Waals surface area (Å²) in [6, 6.07) is 1.88. The minimum absolute atomic E-state index is 0.261. The molecule has 0 radical (unpaired) electrons. The molecule has 0 saturated carbocycles. The summed E-state index contributed by atoms with van der Waals surface area (Å²) in [5.74, 6) is -2.45. The number of ether oxygens (including phenoxy) is 2. The number of hydrogen-bond donors (Lipinski definition) is 1. The van der Waals surface area contributed by atoms with E-state index in [1.807, 2.05) is 0 Å². The Bertz CT molecular complexity index is 579. The summed E-state index contributed by atoms with van der Waals surface area (Å²) in [4.78, 5) is 11.5. The normalized spacial score (nSPS) is 20.4. The lowest BCUT2D eigenvalue weighted by molar-refractivity contribution is -0.147. The first kappa shape index (κ1) is 13.7. The minimum atomic E-state index is -4.74. The summed E-state index contributed by atoms with van der Waals surface area (Å²) in [6.07, 6.45) is -4.74. The number of halogens is 3. The van der Waals surface area contributed by atoms with Gasteiger partial charge in [0.2, 0.25) is 5.79 Å². The number of carbonyl (C=O) groups is 1. The summed E-state index contributed by atoms with van der Waals surface area (Å²) in [7, 11) is 0. The molecule has 2 heterocycles. The smallest absolute Gasteiger partial charge is 0.417 e. The van der Waals surface area contributed by atoms with Crippen LogP contribution in [-0.2, 0) is 21.4 Å². The van der Waals surface area contributed by atoms with Gasteiger partial charge in [0.25, 0.3) is 0 Å². The van der Waals surface area contributed by atoms with Crippen LogP contribution in [0.15, 0.2) is 17.0 Å². The molecule has 0 aliphatic carbocycles. The van der Waals surface area contributed by atoms with E-state index in [-0.39, 0.29) is 5.56 Å². The third kappa shape index (κ3) is 1.99. The van der Waals surface area contributed by atoms with Crippen molar-refractivity contribution in [2.75, 3.05) is 19.0 Å². The SMILES string of the molecule is O=C(O)c1cc2c(cc1C(F)(F)F)C1(CS2)OCCO1. The zero-order valence-electron chi connectivity index (χ0n) is 9.99. The average molecular weight is 306 g/mol. The molecule has 0 bridgehead atoms. The number of thioether (sulfide) groups is 1. The zero-order chi connectivity index (χ0) is 14.5. The monoisotopic (exact) mass is 306 g/mol. The number of fused-ring (bicyclic) bond motifs is 2. The van der Waals surface area contributed by atoms with Crippen molar-refractivity contribution in [3.05, 3.63) is 28.8 Å². The topological polar surface area (TPSA) is 55.8 Å². The highest BCUT2D eigenvalue weighted by Crippen LogP contribution is 2.49. The van der Waals surface area contributed by atoms with Crippen LogP contribution in [-0.4, -0.2) is 30.0 Å². The summed E-state index contributed by atoms with van der Waals surface area (Å²) in [5, 5.41) is 8.95. The van der Waals surface area contributed by atoms with Gasteiger partial charge in [0.15, 0.2) is 0 Å². The average Bonchev–Trinajstić information content (AvgIpc) is 2.96. The lowest BCUT2D eigenvalue weighted by Gasteiger charge is -2.23. The van der Waals surface area contributed by atoms with Crippen molar-refractivity contribution in [1.29, 1.82) is 0 Å². The molecule has 0 amide bonds. The Morgan fingerprint density at radius 2 is 1.95 bits per heavy atom. The van der Waals surface area contributed by atoms with Crippen LogP contribution in [0.25, 0.3) is 0 Å². The standard InChI is InChI=1S/C12H9F3O4S/c13-12(14,15)7-4-8-9(3-6(7)10(16)17)20-5-11(8)18-1-2-19-11/h3-4H,1-2,5H2,(H,16,17). The molecular weight excluding hydrogens is 297 g/mol. The van der Waals surface area contributed by atoms with Crippen LogP contribution >= 0.6 is 11.8 Å². The van der Waals surface area contributed by atoms with E-state index in [9.17, 15) is 18.0 Å². The molecule has 1 N–H and O–H groups in total. The maximum Gasteiger partial charge on any atom is 0.417 e. The first-order chi connectivity index (χ1) is 9.33. The van der Waals surface area contributed by atoms with E-state index in [4.69, 9.17) is 14.6 Å². The van der Waals surface area contributed by atoms with Crippen LogP contribution in [0.3, 0.4) is 0 Å². The number of hydrogen-bond acceptors (Lipinski definition) is 4. The first-order valence-electron chi connectivity index (χ1n) is 5.73. The van der Waals surface area contributed by atoms with Gasteiger partial charge in [-0.2, -0.15) is 13.2 Å². The Morgan fingerprint density at radius 1 is 1.30 bits per heavy atom. The molecule has 0 atom stereocenters. The maximum atomic E-state index is 13.0. The van der Waals surface area contributed by atoms with E-state index in [0.717, 1.165) is 12.1 Å². The molecule has 0 unspecified atom stereocenters. The van der Waals surface area contributed by atoms with E-state index < -0.39 is 29.1 Å². The molecular formula is C12H9F3O4S. The molecule has 8 heteroatoms. The molecule has 1 aromatic rings. The van der Waals surface area contributed by atoms with Gasteiger partial charge in [-0.05, 0) is 12.1 Å². The fourth-order valence-electron chi connectivity index (χ4n) is 2.35. The Hall–Kier alpha value is -1.25. The van der Waals surface area contributed by atoms with Gasteiger partial charge in [-0.1, -0.05) is 0 Å². The molecule has 2 aliphatic heterocycles. The van der Waals surface area contributed by atoms with Gasteiger partial charge < -0.3 is 14.6 Å². The third-order valence-electron chi connectivity index (χ3n) is 3.24. The second-order valence-electron chi connectivity index (χ2n) is 4.44. The highest BCUT2D eigenvalue weighted by Gasteiger charge is 2.47. The lowest BCUT2D eigenvalue weighted by atomic mass is 9.99. The third-order valence-corrected chi connectivity index (χ3v) is 4.41. The predicted octanol–water partition coefficient (Wildman–Crippen LogP) is 2.71. The van der Waals surface area contributed by atoms with Gasteiger partial charge >= 0.3 is 12.1 Å². The maximum absolute atomic E-state index is 13.0. The van der Waals surface area contributed by atoms with E-state index in [1.54, 1.807) is 0 Å². The van der Waals surface area contributed by atoms with Crippen molar-refractivity contribution in [1.82, 2.24) is 0 Å². The van der Waals surface area contributed by atoms with Crippen molar-refractivity contribution in [3.8, 4) is 0 Å². The highest BCUT2D eigenvalue weighted by molar-refractivity contribution is 7.99. The molecule has 3 rings (SSSR count). The van der Waals surface area contributed by atoms with Crippen molar-refractivity contribution in [2.45, 2.75) is 16.9 Å². The Balaban J connectivity index is 2.19. The van der Waals surface area contributed by atoms with Gasteiger partial charge in [-0.15, -0.1) is 11.8 Å². The van der Waals surface area contributed by atoms with Crippen LogP contribution in [0, 0.1) is 0 Å². The van der Waals surface area contributed by atoms with Crippen molar-refractivity contribution < 1.29 is 32.5 Å². The molecule has 1 saturated heterocycles. The molecule has 0 aromatic heterocycles. The van der Waals surface area contributed by atoms with E-state index in [1.165, 1.54) is 11.8 Å². The van der Waals surface area contributed by atoms with Gasteiger partial charge in [0, 0.05) is 10.5 Å². The zero-order valence-corrected chi connectivity index (χ0v) is 10.8. The first-order valence-corrected chi connectivity index (χ1v) is 6.72. The van der Waals surface area contributed by atoms with Crippen LogP contribution < -0.4 is 0 Å². The van der Waals surface area contributed by atoms with Gasteiger partial charge in [-0.3, -0.25) is 0 Å². The molecule has 108 valence electrons. The molecule has 4 nitrogen and oxygen atoms in total. The fraction of sp³-hybridized carbons (Fsp3) is 0.417. The second-order valence-corrected chi connectivity index (χ2v) is 5.45. The summed E-state index contributed by atoms with van der Waals surface area (Å²) >= 11 is 1.23. The van der Waals surface area contributed by atoms with Gasteiger partial charge in [0.1, 0.15) is 0 Å². The number of benzene rings is 1. The molecule has 1 aromatic carbocycles. The van der Waals surface area contributed by atoms with Crippen LogP contribution in [0.5, 0.6) is 0 Å². The Morgan fingerprint density at radius 3 is 2.50 bits per heavy atom. The second kappa shape index (κ2) is 4.37. The predicted molar refractivity (Wildman–Crippen MR) is 62.7 cm³/mol. The number of carboxylic acids is 1. The molecule has 2 aliphatic rings. The highest BCUT2D eigenvalue weighted by atomic mass is 32.2. The van der Waals surface area contributed by atoms with Crippen LogP contribution in [0.1, 0.15) is 21.5 Å². The van der Waals surface area contributed by atoms with Gasteiger partial charge in [0.05, 0.1) is 30.1 Å². The fourth-order valence-corrected chi connectivity index (χ4v) is 3.59. The summed E-state index contributed by atoms with van der Waals surface area (Å²) < 4.78 is 49.9. The molecule has 1 spiro atoms. The minimum Gasteiger partial charge on any atom is -0.478 e. The van der Waals surface area contributed by atoms with Crippen molar-refractivity contribution in [2.24, 2.45) is 0 Å². The largest absolute Gasteiger partial charge is 0.478 e. The summed E-state index contributed by atoms with van der Waals surface area (Å²) in [5.41, 5.74) is -1.67. The number of carboxylic acid groups (broad SMARTS) is 1. The van der Waals surface area contributed by atoms with Crippen molar-refractivity contribution in [3.63, 3.8) is 0 Å². The van der Waals surface area contributed by atoms with E-state index in [2.05, 4.69) is 0 Å². The van der Waals surface area contributed by atoms with Gasteiger partial charge in [-0.25, -0.2) is 4.79 Å². The molecule has 1 fully saturated rings. The summed E-state index contributed by atoms with van der Waals surface area (Å²) in [6.45, 7) is 0.615. The number of alkyl halides is 3. The lowest BCUT2D eigenvalue weighted by Crippen LogP contribution is -2.27. The van der Waals surface area contributed by atoms with E-state index in [0.29, 0.717) is 23.9 Å². The van der Waals surface area contributed by atoms with E-state index >= 15 is 0 Å². The Labute approximate surface area is 115 Å². The van der Waals surface area contributed by atoms with Crippen molar-refractivity contribution >= 4 is 17.7 Å². The van der Waals surface area contributed by atoms with Crippen LogP contribution in [0.4, 0.5) is 13.2 Å². The quantitative estimate of drug-likeness (QED) is 0.864. The Kier molecular flexibility index (Phi) is 3.00. The number of rotatable bonds is 1.